The van der Waals surface area contributed by atoms with Crippen LogP contribution >= 0.6 is 0 Å². The van der Waals surface area contributed by atoms with Crippen LogP contribution in [-0.2, 0) is 17.9 Å². The first-order valence-electron chi connectivity index (χ1n) is 10.8. The van der Waals surface area contributed by atoms with E-state index in [0.29, 0.717) is 13.1 Å². The van der Waals surface area contributed by atoms with Gasteiger partial charge in [-0.2, -0.15) is 0 Å². The maximum Gasteiger partial charge on any atom is 0.242 e. The van der Waals surface area contributed by atoms with Crippen LogP contribution in [-0.4, -0.2) is 51.4 Å². The van der Waals surface area contributed by atoms with Gasteiger partial charge in [0.15, 0.2) is 0 Å². The van der Waals surface area contributed by atoms with E-state index in [0.717, 1.165) is 62.0 Å². The standard InChI is InChI=1S/C24H27FN4O/c25-20-7-2-1-6-19(20)14-27-12-5-10-24(16-27)11-13-28(17-24)23(30)15-29-18-26-21-8-3-4-9-22(21)29/h1-4,6-9,18H,5,10-17H2. The maximum atomic E-state index is 14.1. The highest BCUT2D eigenvalue weighted by atomic mass is 19.1. The molecule has 2 fully saturated rings. The van der Waals surface area contributed by atoms with E-state index in [4.69, 9.17) is 0 Å². The largest absolute Gasteiger partial charge is 0.341 e. The summed E-state index contributed by atoms with van der Waals surface area (Å²) in [5.41, 5.74) is 2.80. The van der Waals surface area contributed by atoms with Crippen molar-refractivity contribution in [2.24, 2.45) is 5.41 Å². The lowest BCUT2D eigenvalue weighted by Crippen LogP contribution is -2.45. The van der Waals surface area contributed by atoms with Crippen molar-refractivity contribution in [2.45, 2.75) is 32.4 Å². The first-order valence-corrected chi connectivity index (χ1v) is 10.8. The zero-order valence-corrected chi connectivity index (χ0v) is 17.1. The molecule has 1 amide bonds. The summed E-state index contributed by atoms with van der Waals surface area (Å²) >= 11 is 0. The number of para-hydroxylation sites is 2. The van der Waals surface area contributed by atoms with Crippen molar-refractivity contribution >= 4 is 16.9 Å². The molecule has 2 aliphatic rings. The van der Waals surface area contributed by atoms with E-state index >= 15 is 0 Å². The van der Waals surface area contributed by atoms with E-state index in [9.17, 15) is 9.18 Å². The predicted octanol–water partition coefficient (Wildman–Crippen LogP) is 3.69. The van der Waals surface area contributed by atoms with E-state index in [2.05, 4.69) is 9.88 Å². The summed E-state index contributed by atoms with van der Waals surface area (Å²) in [6.07, 6.45) is 5.02. The van der Waals surface area contributed by atoms with Gasteiger partial charge in [0, 0.05) is 37.2 Å². The zero-order valence-electron chi connectivity index (χ0n) is 17.1. The second-order valence-corrected chi connectivity index (χ2v) is 8.83. The molecule has 2 saturated heterocycles. The van der Waals surface area contributed by atoms with E-state index < -0.39 is 0 Å². The Hall–Kier alpha value is -2.73. The highest BCUT2D eigenvalue weighted by Gasteiger charge is 2.42. The maximum absolute atomic E-state index is 14.1. The van der Waals surface area contributed by atoms with Gasteiger partial charge in [-0.1, -0.05) is 30.3 Å². The first-order chi connectivity index (χ1) is 14.6. The Morgan fingerprint density at radius 2 is 1.87 bits per heavy atom. The zero-order chi connectivity index (χ0) is 20.6. The molecular formula is C24H27FN4O. The molecule has 156 valence electrons. The van der Waals surface area contributed by atoms with Crippen molar-refractivity contribution in [3.05, 3.63) is 66.2 Å². The molecule has 2 aliphatic heterocycles. The van der Waals surface area contributed by atoms with E-state index in [1.54, 1.807) is 12.4 Å². The number of rotatable bonds is 4. The SMILES string of the molecule is O=C(Cn1cnc2ccccc21)N1CCC2(CCCN(Cc3ccccc3F)C2)C1. The molecule has 1 atom stereocenters. The van der Waals surface area contributed by atoms with Gasteiger partial charge < -0.3 is 9.47 Å². The summed E-state index contributed by atoms with van der Waals surface area (Å²) in [4.78, 5) is 21.8. The molecule has 5 nitrogen and oxygen atoms in total. The first kappa shape index (κ1) is 19.2. The third kappa shape index (κ3) is 3.72. The van der Waals surface area contributed by atoms with Crippen molar-refractivity contribution in [1.29, 1.82) is 0 Å². The topological polar surface area (TPSA) is 41.4 Å². The lowest BCUT2D eigenvalue weighted by atomic mass is 9.79. The van der Waals surface area contributed by atoms with Crippen LogP contribution in [0.5, 0.6) is 0 Å². The molecule has 0 aliphatic carbocycles. The molecule has 3 heterocycles. The number of piperidine rings is 1. The van der Waals surface area contributed by atoms with Crippen molar-refractivity contribution < 1.29 is 9.18 Å². The van der Waals surface area contributed by atoms with Gasteiger partial charge >= 0.3 is 0 Å². The fourth-order valence-electron chi connectivity index (χ4n) is 5.18. The van der Waals surface area contributed by atoms with Crippen molar-refractivity contribution in [1.82, 2.24) is 19.4 Å². The molecule has 2 aromatic carbocycles. The Bertz CT molecular complexity index is 1060. The van der Waals surface area contributed by atoms with Crippen molar-refractivity contribution in [2.75, 3.05) is 26.2 Å². The fourth-order valence-corrected chi connectivity index (χ4v) is 5.18. The number of carbonyl (C=O) groups is 1. The van der Waals surface area contributed by atoms with Crippen LogP contribution in [0.1, 0.15) is 24.8 Å². The van der Waals surface area contributed by atoms with Gasteiger partial charge in [-0.25, -0.2) is 9.37 Å². The van der Waals surface area contributed by atoms with E-state index in [1.165, 1.54) is 6.07 Å². The molecule has 0 bridgehead atoms. The predicted molar refractivity (Wildman–Crippen MR) is 114 cm³/mol. The van der Waals surface area contributed by atoms with Crippen molar-refractivity contribution in [3.8, 4) is 0 Å². The van der Waals surface area contributed by atoms with Gasteiger partial charge in [-0.05, 0) is 44.0 Å². The molecule has 3 aromatic rings. The minimum atomic E-state index is -0.132. The summed E-state index contributed by atoms with van der Waals surface area (Å²) < 4.78 is 16.0. The number of aromatic nitrogens is 2. The molecule has 30 heavy (non-hydrogen) atoms. The molecule has 1 spiro atoms. The minimum Gasteiger partial charge on any atom is -0.341 e. The summed E-state index contributed by atoms with van der Waals surface area (Å²) in [7, 11) is 0. The van der Waals surface area contributed by atoms with Gasteiger partial charge in [0.05, 0.1) is 17.4 Å². The van der Waals surface area contributed by atoms with Crippen LogP contribution in [0.15, 0.2) is 54.9 Å². The lowest BCUT2D eigenvalue weighted by molar-refractivity contribution is -0.131. The van der Waals surface area contributed by atoms with Crippen LogP contribution in [0.25, 0.3) is 11.0 Å². The van der Waals surface area contributed by atoms with Gasteiger partial charge in [-0.15, -0.1) is 0 Å². The fraction of sp³-hybridized carbons (Fsp3) is 0.417. The van der Waals surface area contributed by atoms with Gasteiger partial charge in [-0.3, -0.25) is 9.69 Å². The van der Waals surface area contributed by atoms with Gasteiger partial charge in [0.1, 0.15) is 12.4 Å². The van der Waals surface area contributed by atoms with Gasteiger partial charge in [0.2, 0.25) is 5.91 Å². The molecule has 5 rings (SSSR count). The number of fused-ring (bicyclic) bond motifs is 1. The second-order valence-electron chi connectivity index (χ2n) is 8.83. The lowest BCUT2D eigenvalue weighted by Gasteiger charge is -2.40. The highest BCUT2D eigenvalue weighted by molar-refractivity contribution is 5.80. The number of halogens is 1. The van der Waals surface area contributed by atoms with Crippen LogP contribution in [0.2, 0.25) is 0 Å². The summed E-state index contributed by atoms with van der Waals surface area (Å²) in [6.45, 7) is 4.49. The number of nitrogens with zero attached hydrogens (tertiary/aromatic N) is 4. The van der Waals surface area contributed by atoms with Crippen LogP contribution in [0.4, 0.5) is 4.39 Å². The summed E-state index contributed by atoms with van der Waals surface area (Å²) in [6, 6.07) is 14.9. The monoisotopic (exact) mass is 406 g/mol. The Morgan fingerprint density at radius 1 is 1.03 bits per heavy atom. The number of carbonyl (C=O) groups excluding carboxylic acids is 1. The molecule has 6 heteroatoms. The van der Waals surface area contributed by atoms with Crippen molar-refractivity contribution in [3.63, 3.8) is 0 Å². The number of likely N-dealkylation sites (tertiary alicyclic amines) is 2. The number of hydrogen-bond acceptors (Lipinski definition) is 3. The Morgan fingerprint density at radius 3 is 2.77 bits per heavy atom. The molecular weight excluding hydrogens is 379 g/mol. The third-order valence-electron chi connectivity index (χ3n) is 6.72. The number of hydrogen-bond donors (Lipinski definition) is 0. The minimum absolute atomic E-state index is 0.132. The Kier molecular flexibility index (Phi) is 5.03. The Balaban J connectivity index is 1.24. The Labute approximate surface area is 176 Å². The summed E-state index contributed by atoms with van der Waals surface area (Å²) in [5, 5.41) is 0. The molecule has 1 aromatic heterocycles. The average molecular weight is 407 g/mol. The van der Waals surface area contributed by atoms with E-state index in [1.807, 2.05) is 45.9 Å². The quantitative estimate of drug-likeness (QED) is 0.664. The van der Waals surface area contributed by atoms with Crippen LogP contribution < -0.4 is 0 Å². The number of amides is 1. The normalized spacial score (nSPS) is 22.2. The molecule has 0 N–H and O–H groups in total. The third-order valence-corrected chi connectivity index (χ3v) is 6.72. The number of benzene rings is 2. The van der Waals surface area contributed by atoms with Crippen LogP contribution in [0, 0.1) is 11.2 Å². The smallest absolute Gasteiger partial charge is 0.242 e. The number of imidazole rings is 1. The average Bonchev–Trinajstić information content (AvgIpc) is 3.35. The molecule has 0 saturated carbocycles. The van der Waals surface area contributed by atoms with Gasteiger partial charge in [0.25, 0.3) is 0 Å². The van der Waals surface area contributed by atoms with E-state index in [-0.39, 0.29) is 17.1 Å². The molecule has 0 radical (unpaired) electrons. The molecule has 1 unspecified atom stereocenters. The summed E-state index contributed by atoms with van der Waals surface area (Å²) in [5.74, 6) is 0.0224. The second kappa shape index (κ2) is 7.84. The highest BCUT2D eigenvalue weighted by Crippen LogP contribution is 2.39. The van der Waals surface area contributed by atoms with Crippen LogP contribution in [0.3, 0.4) is 0 Å².